The predicted molar refractivity (Wildman–Crippen MR) is 120 cm³/mol. The summed E-state index contributed by atoms with van der Waals surface area (Å²) in [6, 6.07) is 16.0. The van der Waals surface area contributed by atoms with Crippen LogP contribution in [0.3, 0.4) is 0 Å². The summed E-state index contributed by atoms with van der Waals surface area (Å²) in [6.07, 6.45) is 5.78. The number of aryl methyl sites for hydroxylation is 2. The van der Waals surface area contributed by atoms with Gasteiger partial charge in [0.05, 0.1) is 12.1 Å². The Hall–Kier alpha value is -2.70. The van der Waals surface area contributed by atoms with Crippen molar-refractivity contribution in [1.29, 1.82) is 0 Å². The van der Waals surface area contributed by atoms with Crippen LogP contribution in [0.4, 0.5) is 11.4 Å². The Balaban J connectivity index is 1.24. The van der Waals surface area contributed by atoms with Crippen LogP contribution in [-0.2, 0) is 22.4 Å². The Morgan fingerprint density at radius 2 is 1.10 bits per heavy atom. The molecule has 0 aliphatic carbocycles. The first-order chi connectivity index (χ1) is 14.7. The van der Waals surface area contributed by atoms with Gasteiger partial charge in [0, 0.05) is 11.4 Å². The molecule has 0 radical (unpaired) electrons. The van der Waals surface area contributed by atoms with Gasteiger partial charge in [-0.25, -0.2) is 0 Å². The average Bonchev–Trinajstić information content (AvgIpc) is 3.48. The molecule has 4 N–H and O–H groups in total. The van der Waals surface area contributed by atoms with Gasteiger partial charge in [-0.2, -0.15) is 0 Å². The molecule has 2 aromatic rings. The molecule has 158 valence electrons. The van der Waals surface area contributed by atoms with E-state index in [1.807, 2.05) is 24.3 Å². The highest BCUT2D eigenvalue weighted by Crippen LogP contribution is 2.16. The van der Waals surface area contributed by atoms with E-state index in [1.165, 1.54) is 11.1 Å². The van der Waals surface area contributed by atoms with E-state index < -0.39 is 0 Å². The van der Waals surface area contributed by atoms with Gasteiger partial charge in [-0.1, -0.05) is 24.3 Å². The van der Waals surface area contributed by atoms with Gasteiger partial charge in [0.15, 0.2) is 0 Å². The van der Waals surface area contributed by atoms with E-state index in [9.17, 15) is 9.59 Å². The van der Waals surface area contributed by atoms with Crippen molar-refractivity contribution in [2.24, 2.45) is 0 Å². The molecular formula is C24H30N4O2. The Kier molecular flexibility index (Phi) is 6.77. The van der Waals surface area contributed by atoms with Gasteiger partial charge in [-0.3, -0.25) is 9.59 Å². The number of amides is 2. The highest BCUT2D eigenvalue weighted by atomic mass is 16.2. The van der Waals surface area contributed by atoms with E-state index in [2.05, 4.69) is 45.5 Å². The van der Waals surface area contributed by atoms with Crippen LogP contribution >= 0.6 is 0 Å². The number of carbonyl (C=O) groups is 2. The molecule has 6 nitrogen and oxygen atoms in total. The quantitative estimate of drug-likeness (QED) is 0.570. The van der Waals surface area contributed by atoms with Crippen LogP contribution in [0.5, 0.6) is 0 Å². The molecule has 4 rings (SSSR count). The molecule has 2 amide bonds. The van der Waals surface area contributed by atoms with E-state index in [4.69, 9.17) is 0 Å². The first-order valence-electron chi connectivity index (χ1n) is 10.9. The van der Waals surface area contributed by atoms with Gasteiger partial charge in [-0.15, -0.1) is 0 Å². The summed E-state index contributed by atoms with van der Waals surface area (Å²) < 4.78 is 0. The summed E-state index contributed by atoms with van der Waals surface area (Å²) in [7, 11) is 0. The van der Waals surface area contributed by atoms with Crippen molar-refractivity contribution in [2.75, 3.05) is 23.7 Å². The largest absolute Gasteiger partial charge is 0.325 e. The molecule has 0 saturated carbocycles. The maximum Gasteiger partial charge on any atom is 0.241 e. The highest BCUT2D eigenvalue weighted by molar-refractivity contribution is 5.95. The lowest BCUT2D eigenvalue weighted by atomic mass is 10.0. The van der Waals surface area contributed by atoms with Crippen molar-refractivity contribution >= 4 is 23.2 Å². The Labute approximate surface area is 177 Å². The molecule has 2 aliphatic rings. The van der Waals surface area contributed by atoms with Crippen LogP contribution < -0.4 is 21.3 Å². The molecule has 0 aromatic heterocycles. The zero-order chi connectivity index (χ0) is 20.8. The fraction of sp³-hybridized carbons (Fsp3) is 0.417. The van der Waals surface area contributed by atoms with Crippen molar-refractivity contribution in [2.45, 2.75) is 50.6 Å². The molecule has 0 unspecified atom stereocenters. The summed E-state index contributed by atoms with van der Waals surface area (Å²) in [4.78, 5) is 24.4. The lowest BCUT2D eigenvalue weighted by Gasteiger charge is -2.12. The van der Waals surface area contributed by atoms with Gasteiger partial charge in [0.25, 0.3) is 0 Å². The molecule has 2 aromatic carbocycles. The Morgan fingerprint density at radius 3 is 1.43 bits per heavy atom. The van der Waals surface area contributed by atoms with E-state index in [-0.39, 0.29) is 23.9 Å². The molecule has 0 bridgehead atoms. The van der Waals surface area contributed by atoms with Crippen LogP contribution in [0.2, 0.25) is 0 Å². The number of nitrogens with one attached hydrogen (secondary N) is 4. The molecule has 0 spiro atoms. The highest BCUT2D eigenvalue weighted by Gasteiger charge is 2.22. The fourth-order valence-electron chi connectivity index (χ4n) is 4.07. The van der Waals surface area contributed by atoms with Gasteiger partial charge in [-0.05, 0) is 87.0 Å². The minimum atomic E-state index is -0.0631. The smallest absolute Gasteiger partial charge is 0.241 e. The monoisotopic (exact) mass is 406 g/mol. The molecule has 2 saturated heterocycles. The lowest BCUT2D eigenvalue weighted by Crippen LogP contribution is -2.35. The summed E-state index contributed by atoms with van der Waals surface area (Å²) in [5, 5.41) is 12.4. The van der Waals surface area contributed by atoms with Gasteiger partial charge >= 0.3 is 0 Å². The third kappa shape index (κ3) is 5.46. The van der Waals surface area contributed by atoms with E-state index >= 15 is 0 Å². The second-order valence-corrected chi connectivity index (χ2v) is 8.17. The Morgan fingerprint density at radius 1 is 0.700 bits per heavy atom. The van der Waals surface area contributed by atoms with Crippen molar-refractivity contribution in [3.63, 3.8) is 0 Å². The summed E-state index contributed by atoms with van der Waals surface area (Å²) in [5.41, 5.74) is 4.15. The summed E-state index contributed by atoms with van der Waals surface area (Å²) in [6.45, 7) is 1.84. The van der Waals surface area contributed by atoms with Crippen LogP contribution in [-0.4, -0.2) is 37.0 Å². The SMILES string of the molecule is O=C(Nc1ccc(CCc2ccc(NC(=O)[C@@H]3CCCN3)cc2)cc1)[C@@H]1CCCN1. The number of anilines is 2. The standard InChI is InChI=1S/C24H30N4O2/c29-23(21-3-1-15-25-21)27-19-11-7-17(8-12-19)5-6-18-9-13-20(14-10-18)28-24(30)22-4-2-16-26-22/h7-14,21-22,25-26H,1-6,15-16H2,(H,27,29)(H,28,30)/t21-,22-/m0/s1. The number of rotatable bonds is 7. The third-order valence-electron chi connectivity index (χ3n) is 5.90. The second kappa shape index (κ2) is 9.87. The maximum atomic E-state index is 12.2. The topological polar surface area (TPSA) is 82.3 Å². The zero-order valence-corrected chi connectivity index (χ0v) is 17.2. The molecule has 30 heavy (non-hydrogen) atoms. The van der Waals surface area contributed by atoms with Crippen LogP contribution in [0.15, 0.2) is 48.5 Å². The lowest BCUT2D eigenvalue weighted by molar-refractivity contribution is -0.118. The second-order valence-electron chi connectivity index (χ2n) is 8.17. The van der Waals surface area contributed by atoms with Crippen molar-refractivity contribution in [3.05, 3.63) is 59.7 Å². The number of hydrogen-bond acceptors (Lipinski definition) is 4. The zero-order valence-electron chi connectivity index (χ0n) is 17.2. The first kappa shape index (κ1) is 20.6. The number of benzene rings is 2. The van der Waals surface area contributed by atoms with Gasteiger partial charge < -0.3 is 21.3 Å². The summed E-state index contributed by atoms with van der Waals surface area (Å²) in [5.74, 6) is 0.104. The van der Waals surface area contributed by atoms with Crippen molar-refractivity contribution in [1.82, 2.24) is 10.6 Å². The van der Waals surface area contributed by atoms with Crippen molar-refractivity contribution < 1.29 is 9.59 Å². The first-order valence-corrected chi connectivity index (χ1v) is 10.9. The van der Waals surface area contributed by atoms with Crippen LogP contribution in [0.25, 0.3) is 0 Å². The third-order valence-corrected chi connectivity index (χ3v) is 5.90. The number of hydrogen-bond donors (Lipinski definition) is 4. The number of carbonyl (C=O) groups excluding carboxylic acids is 2. The Bertz CT molecular complexity index is 778. The molecule has 2 atom stereocenters. The minimum absolute atomic E-state index is 0.0520. The van der Waals surface area contributed by atoms with E-state index in [0.717, 1.165) is 63.0 Å². The van der Waals surface area contributed by atoms with Gasteiger partial charge in [0.2, 0.25) is 11.8 Å². The van der Waals surface area contributed by atoms with E-state index in [0.29, 0.717) is 0 Å². The predicted octanol–water partition coefficient (Wildman–Crippen LogP) is 2.85. The minimum Gasteiger partial charge on any atom is -0.325 e. The molecule has 2 heterocycles. The molecule has 2 aliphatic heterocycles. The van der Waals surface area contributed by atoms with Gasteiger partial charge in [0.1, 0.15) is 0 Å². The molecule has 6 heteroatoms. The average molecular weight is 407 g/mol. The molecule has 2 fully saturated rings. The van der Waals surface area contributed by atoms with Crippen LogP contribution in [0.1, 0.15) is 36.8 Å². The maximum absolute atomic E-state index is 12.2. The molecular weight excluding hydrogens is 376 g/mol. The van der Waals surface area contributed by atoms with Crippen molar-refractivity contribution in [3.8, 4) is 0 Å². The fourth-order valence-corrected chi connectivity index (χ4v) is 4.07. The van der Waals surface area contributed by atoms with E-state index in [1.54, 1.807) is 0 Å². The summed E-state index contributed by atoms with van der Waals surface area (Å²) >= 11 is 0. The van der Waals surface area contributed by atoms with Crippen LogP contribution in [0, 0.1) is 0 Å². The normalized spacial score (nSPS) is 20.8.